The van der Waals surface area contributed by atoms with E-state index in [-0.39, 0.29) is 12.1 Å². The zero-order valence-corrected chi connectivity index (χ0v) is 15.1. The molecule has 3 heterocycles. The van der Waals surface area contributed by atoms with E-state index >= 15 is 0 Å². The number of hydrogen-bond donors (Lipinski definition) is 1. The molecule has 2 amide bonds. The van der Waals surface area contributed by atoms with Crippen molar-refractivity contribution in [3.8, 4) is 0 Å². The summed E-state index contributed by atoms with van der Waals surface area (Å²) < 4.78 is 7.24. The molecule has 1 aliphatic carbocycles. The van der Waals surface area contributed by atoms with Gasteiger partial charge in [-0.15, -0.1) is 0 Å². The second-order valence-corrected chi connectivity index (χ2v) is 6.86. The molecule has 0 radical (unpaired) electrons. The summed E-state index contributed by atoms with van der Waals surface area (Å²) in [6.45, 7) is 5.01. The summed E-state index contributed by atoms with van der Waals surface area (Å²) in [6.07, 6.45) is 3.77. The van der Waals surface area contributed by atoms with Crippen molar-refractivity contribution < 1.29 is 9.32 Å². The Morgan fingerprint density at radius 2 is 2.23 bits per heavy atom. The minimum atomic E-state index is -0.115. The fraction of sp³-hybridized carbons (Fsp3) is 0.688. The van der Waals surface area contributed by atoms with Crippen molar-refractivity contribution in [1.29, 1.82) is 0 Å². The van der Waals surface area contributed by atoms with Crippen LogP contribution in [-0.2, 0) is 13.1 Å². The van der Waals surface area contributed by atoms with E-state index in [1.165, 1.54) is 6.33 Å². The van der Waals surface area contributed by atoms with Crippen LogP contribution in [0.1, 0.15) is 49.3 Å². The van der Waals surface area contributed by atoms with Gasteiger partial charge >= 0.3 is 6.03 Å². The number of carbonyl (C=O) groups excluding carboxylic acids is 1. The molecule has 2 aliphatic rings. The van der Waals surface area contributed by atoms with Crippen molar-refractivity contribution in [2.24, 2.45) is 0 Å². The first-order valence-corrected chi connectivity index (χ1v) is 9.09. The first-order valence-electron chi connectivity index (χ1n) is 9.09. The van der Waals surface area contributed by atoms with Crippen LogP contribution in [0.15, 0.2) is 10.9 Å². The zero-order valence-electron chi connectivity index (χ0n) is 15.1. The van der Waals surface area contributed by atoms with Gasteiger partial charge in [-0.25, -0.2) is 14.5 Å². The van der Waals surface area contributed by atoms with Crippen molar-refractivity contribution in [3.63, 3.8) is 0 Å². The van der Waals surface area contributed by atoms with Gasteiger partial charge < -0.3 is 14.7 Å². The van der Waals surface area contributed by atoms with Crippen LogP contribution < -0.4 is 5.32 Å². The van der Waals surface area contributed by atoms with Gasteiger partial charge in [0, 0.05) is 32.1 Å². The van der Waals surface area contributed by atoms with Crippen molar-refractivity contribution >= 4 is 6.03 Å². The Kier molecular flexibility index (Phi) is 4.58. The lowest BCUT2D eigenvalue weighted by atomic mass is 10.2. The normalized spacial score (nSPS) is 21.2. The third-order valence-corrected chi connectivity index (χ3v) is 5.01. The fourth-order valence-electron chi connectivity index (χ4n) is 3.17. The molecule has 0 spiro atoms. The van der Waals surface area contributed by atoms with E-state index in [0.29, 0.717) is 31.4 Å². The van der Waals surface area contributed by atoms with Crippen LogP contribution in [0, 0.1) is 0 Å². The maximum absolute atomic E-state index is 12.6. The standard InChI is InChI=1S/C16H24N8O2/c1-3-24-13(18-10-19-24)8-17-16(25)23-7-6-22(2)12(9-23)15-20-14(21-26-15)11-4-5-11/h10-12H,3-9H2,1-2H3,(H,17,25). The molecule has 26 heavy (non-hydrogen) atoms. The van der Waals surface area contributed by atoms with Crippen LogP contribution in [0.25, 0.3) is 0 Å². The van der Waals surface area contributed by atoms with E-state index in [4.69, 9.17) is 4.52 Å². The van der Waals surface area contributed by atoms with E-state index in [1.807, 2.05) is 14.0 Å². The minimum Gasteiger partial charge on any atom is -0.338 e. The molecular formula is C16H24N8O2. The van der Waals surface area contributed by atoms with Crippen LogP contribution in [0.2, 0.25) is 0 Å². The maximum Gasteiger partial charge on any atom is 0.317 e. The number of rotatable bonds is 5. The lowest BCUT2D eigenvalue weighted by Gasteiger charge is -2.37. The monoisotopic (exact) mass is 360 g/mol. The molecular weight excluding hydrogens is 336 g/mol. The summed E-state index contributed by atoms with van der Waals surface area (Å²) in [6, 6.07) is -0.190. The van der Waals surface area contributed by atoms with Crippen molar-refractivity contribution in [3.05, 3.63) is 23.9 Å². The average molecular weight is 360 g/mol. The van der Waals surface area contributed by atoms with Gasteiger partial charge in [0.05, 0.1) is 6.54 Å². The van der Waals surface area contributed by atoms with E-state index in [1.54, 1.807) is 9.58 Å². The van der Waals surface area contributed by atoms with Crippen LogP contribution in [0.5, 0.6) is 0 Å². The SMILES string of the molecule is CCn1ncnc1CNC(=O)N1CCN(C)C(c2nc(C3CC3)no2)C1. The molecule has 1 saturated carbocycles. The molecule has 1 unspecified atom stereocenters. The second-order valence-electron chi connectivity index (χ2n) is 6.86. The third kappa shape index (κ3) is 3.41. The predicted molar refractivity (Wildman–Crippen MR) is 91.1 cm³/mol. The number of aryl methyl sites for hydroxylation is 1. The highest BCUT2D eigenvalue weighted by Gasteiger charge is 2.35. The Labute approximate surface area is 151 Å². The summed E-state index contributed by atoms with van der Waals surface area (Å²) >= 11 is 0. The number of nitrogens with one attached hydrogen (secondary N) is 1. The Balaban J connectivity index is 1.38. The summed E-state index contributed by atoms with van der Waals surface area (Å²) in [5.41, 5.74) is 0. The van der Waals surface area contributed by atoms with Gasteiger partial charge in [0.1, 0.15) is 18.2 Å². The Morgan fingerprint density at radius 3 is 3.00 bits per heavy atom. The molecule has 2 aromatic heterocycles. The number of nitrogens with zero attached hydrogens (tertiary/aromatic N) is 7. The van der Waals surface area contributed by atoms with E-state index in [2.05, 4.69) is 30.4 Å². The number of piperazine rings is 1. The molecule has 1 atom stereocenters. The number of hydrogen-bond acceptors (Lipinski definition) is 7. The van der Waals surface area contributed by atoms with Gasteiger partial charge in [-0.1, -0.05) is 5.16 Å². The van der Waals surface area contributed by atoms with Gasteiger partial charge in [0.2, 0.25) is 5.89 Å². The highest BCUT2D eigenvalue weighted by atomic mass is 16.5. The summed E-state index contributed by atoms with van der Waals surface area (Å²) in [5, 5.41) is 11.1. The Morgan fingerprint density at radius 1 is 1.38 bits per heavy atom. The largest absolute Gasteiger partial charge is 0.338 e. The minimum absolute atomic E-state index is 0.0752. The first-order chi connectivity index (χ1) is 12.7. The Hall–Kier alpha value is -2.49. The number of likely N-dealkylation sites (N-methyl/N-ethyl adjacent to an activating group) is 1. The van der Waals surface area contributed by atoms with E-state index in [9.17, 15) is 4.79 Å². The van der Waals surface area contributed by atoms with Crippen molar-refractivity contribution in [1.82, 2.24) is 40.0 Å². The zero-order chi connectivity index (χ0) is 18.1. The van der Waals surface area contributed by atoms with Gasteiger partial charge in [-0.05, 0) is 26.8 Å². The molecule has 1 saturated heterocycles. The number of urea groups is 1. The number of carbonyl (C=O) groups is 1. The highest BCUT2D eigenvalue weighted by Crippen LogP contribution is 2.38. The molecule has 4 rings (SSSR count). The van der Waals surface area contributed by atoms with Crippen LogP contribution in [0.3, 0.4) is 0 Å². The summed E-state index contributed by atoms with van der Waals surface area (Å²) in [5.74, 6) is 2.60. The maximum atomic E-state index is 12.6. The molecule has 2 aromatic rings. The predicted octanol–water partition coefficient (Wildman–Crippen LogP) is 0.757. The van der Waals surface area contributed by atoms with Gasteiger partial charge in [0.15, 0.2) is 5.82 Å². The summed E-state index contributed by atoms with van der Waals surface area (Å²) in [4.78, 5) is 25.2. The second kappa shape index (κ2) is 7.02. The molecule has 0 aromatic carbocycles. The first kappa shape index (κ1) is 17.0. The quantitative estimate of drug-likeness (QED) is 0.839. The van der Waals surface area contributed by atoms with Crippen molar-refractivity contribution in [2.45, 2.75) is 44.8 Å². The third-order valence-electron chi connectivity index (χ3n) is 5.01. The topological polar surface area (TPSA) is 105 Å². The molecule has 1 N–H and O–H groups in total. The van der Waals surface area contributed by atoms with E-state index in [0.717, 1.165) is 37.6 Å². The highest BCUT2D eigenvalue weighted by molar-refractivity contribution is 5.74. The lowest BCUT2D eigenvalue weighted by Crippen LogP contribution is -2.52. The van der Waals surface area contributed by atoms with Gasteiger partial charge in [0.25, 0.3) is 0 Å². The van der Waals surface area contributed by atoms with Crippen LogP contribution >= 0.6 is 0 Å². The lowest BCUT2D eigenvalue weighted by molar-refractivity contribution is 0.0909. The number of aromatic nitrogens is 5. The smallest absolute Gasteiger partial charge is 0.317 e. The Bertz CT molecular complexity index is 768. The molecule has 0 bridgehead atoms. The average Bonchev–Trinajstić information content (AvgIpc) is 3.20. The molecule has 1 aliphatic heterocycles. The molecule has 10 nitrogen and oxygen atoms in total. The molecule has 140 valence electrons. The van der Waals surface area contributed by atoms with E-state index < -0.39 is 0 Å². The molecule has 2 fully saturated rings. The van der Waals surface area contributed by atoms with Crippen LogP contribution in [-0.4, -0.2) is 67.4 Å². The fourth-order valence-corrected chi connectivity index (χ4v) is 3.17. The number of amides is 2. The van der Waals surface area contributed by atoms with Gasteiger partial charge in [-0.3, -0.25) is 4.90 Å². The molecule has 10 heteroatoms. The van der Waals surface area contributed by atoms with Crippen molar-refractivity contribution in [2.75, 3.05) is 26.7 Å². The van der Waals surface area contributed by atoms with Gasteiger partial charge in [-0.2, -0.15) is 10.1 Å². The summed E-state index contributed by atoms with van der Waals surface area (Å²) in [7, 11) is 2.02. The van der Waals surface area contributed by atoms with Crippen LogP contribution in [0.4, 0.5) is 4.79 Å².